The number of likely N-dealkylation sites (tertiary alicyclic amines) is 1. The summed E-state index contributed by atoms with van der Waals surface area (Å²) >= 11 is 3.35. The Morgan fingerprint density at radius 2 is 1.82 bits per heavy atom. The lowest BCUT2D eigenvalue weighted by Crippen LogP contribution is -2.49. The van der Waals surface area contributed by atoms with Gasteiger partial charge in [-0.1, -0.05) is 13.0 Å². The summed E-state index contributed by atoms with van der Waals surface area (Å²) in [6.45, 7) is 9.24. The van der Waals surface area contributed by atoms with Crippen LogP contribution in [0.15, 0.2) is 41.3 Å². The van der Waals surface area contributed by atoms with E-state index in [0.717, 1.165) is 5.56 Å². The lowest BCUT2D eigenvalue weighted by Gasteiger charge is -2.35. The smallest absolute Gasteiger partial charge is 0.248 e. The molecule has 45 heavy (non-hydrogen) atoms. The molecule has 1 N–H and O–H groups in total. The molecular weight excluding hydrogens is 643 g/mol. The summed E-state index contributed by atoms with van der Waals surface area (Å²) in [6.07, 6.45) is 3.46. The summed E-state index contributed by atoms with van der Waals surface area (Å²) in [7, 11) is 3.91. The fraction of sp³-hybridized carbons (Fsp3) is 0.406. The van der Waals surface area contributed by atoms with Crippen molar-refractivity contribution in [2.75, 3.05) is 26.0 Å². The van der Waals surface area contributed by atoms with Gasteiger partial charge in [0.1, 0.15) is 40.3 Å². The molecule has 3 atom stereocenters. The average Bonchev–Trinajstić information content (AvgIpc) is 3.46. The number of carbonyl (C=O) groups excluding carboxylic acids is 3. The normalized spacial score (nSPS) is 19.8. The van der Waals surface area contributed by atoms with E-state index in [2.05, 4.69) is 48.2 Å². The van der Waals surface area contributed by atoms with Gasteiger partial charge in [0.2, 0.25) is 11.8 Å². The van der Waals surface area contributed by atoms with Crippen molar-refractivity contribution >= 4 is 50.2 Å². The molecule has 4 heterocycles. The Labute approximate surface area is 269 Å². The van der Waals surface area contributed by atoms with Gasteiger partial charge in [-0.05, 0) is 81.0 Å². The Balaban J connectivity index is 1.52. The zero-order valence-electron chi connectivity index (χ0n) is 26.4. The van der Waals surface area contributed by atoms with Crippen LogP contribution in [-0.2, 0) is 16.1 Å². The molecule has 0 unspecified atom stereocenters. The number of fused-ring (bicyclic) bond motifs is 1. The molecule has 1 saturated heterocycles. The van der Waals surface area contributed by atoms with E-state index < -0.39 is 23.1 Å². The highest BCUT2D eigenvalue weighted by atomic mass is 79.9. The highest BCUT2D eigenvalue weighted by Crippen LogP contribution is 2.42. The summed E-state index contributed by atoms with van der Waals surface area (Å²) < 4.78 is 17.9. The first-order chi connectivity index (χ1) is 21.2. The average molecular weight is 680 g/mol. The van der Waals surface area contributed by atoms with E-state index in [-0.39, 0.29) is 41.0 Å². The standard InChI is InChI=1S/C32H36BrFN8O3/c1-17-8-11-25(33)37-30(17)38-31(45)24-12-32(5,16-40(6)7)19(3)42(24)26(44)15-41-23-10-9-22(21-13-35-20(4)36-14-21)28(34)27(23)29(39-41)18(2)43/h8-11,13-14,19,24H,12,15-16H2,1-7H3,(H,37,38,45)/t19-,24+,32-/m1/s1. The summed E-state index contributed by atoms with van der Waals surface area (Å²) in [5, 5.41) is 7.34. The number of pyridine rings is 1. The monoisotopic (exact) mass is 678 g/mol. The van der Waals surface area contributed by atoms with E-state index in [4.69, 9.17) is 0 Å². The number of rotatable bonds is 8. The molecule has 0 saturated carbocycles. The van der Waals surface area contributed by atoms with E-state index in [1.165, 1.54) is 24.0 Å². The molecule has 0 radical (unpaired) electrons. The Bertz CT molecular complexity index is 1810. The molecule has 236 valence electrons. The van der Waals surface area contributed by atoms with Gasteiger partial charge in [0, 0.05) is 48.4 Å². The van der Waals surface area contributed by atoms with Gasteiger partial charge in [-0.2, -0.15) is 5.10 Å². The molecule has 0 aliphatic carbocycles. The van der Waals surface area contributed by atoms with Gasteiger partial charge < -0.3 is 15.1 Å². The minimum Gasteiger partial charge on any atom is -0.326 e. The van der Waals surface area contributed by atoms with Gasteiger partial charge in [-0.15, -0.1) is 0 Å². The number of hydrogen-bond donors (Lipinski definition) is 1. The number of halogens is 2. The van der Waals surface area contributed by atoms with Crippen molar-refractivity contribution in [1.82, 2.24) is 34.5 Å². The highest BCUT2D eigenvalue weighted by Gasteiger charge is 2.51. The van der Waals surface area contributed by atoms with E-state index >= 15 is 4.39 Å². The Hall–Kier alpha value is -4.10. The highest BCUT2D eigenvalue weighted by molar-refractivity contribution is 9.10. The number of nitrogens with zero attached hydrogens (tertiary/aromatic N) is 7. The van der Waals surface area contributed by atoms with Crippen molar-refractivity contribution in [3.05, 3.63) is 64.2 Å². The zero-order valence-corrected chi connectivity index (χ0v) is 27.9. The van der Waals surface area contributed by atoms with E-state index in [1.54, 1.807) is 30.0 Å². The maximum absolute atomic E-state index is 16.0. The number of benzene rings is 1. The van der Waals surface area contributed by atoms with Crippen molar-refractivity contribution < 1.29 is 18.8 Å². The molecule has 1 aliphatic heterocycles. The molecule has 11 nitrogen and oxygen atoms in total. The lowest BCUT2D eigenvalue weighted by molar-refractivity contribution is -0.139. The largest absolute Gasteiger partial charge is 0.326 e. The number of aryl methyl sites for hydroxylation is 2. The molecule has 4 aromatic rings. The van der Waals surface area contributed by atoms with Gasteiger partial charge >= 0.3 is 0 Å². The number of nitrogens with one attached hydrogen (secondary N) is 1. The van der Waals surface area contributed by atoms with Gasteiger partial charge in [0.05, 0.1) is 10.9 Å². The van der Waals surface area contributed by atoms with Gasteiger partial charge in [0.25, 0.3) is 0 Å². The van der Waals surface area contributed by atoms with E-state index in [0.29, 0.717) is 40.3 Å². The van der Waals surface area contributed by atoms with Gasteiger partial charge in [-0.25, -0.2) is 19.3 Å². The first-order valence-corrected chi connectivity index (χ1v) is 15.4. The third-order valence-electron chi connectivity index (χ3n) is 8.56. The van der Waals surface area contributed by atoms with Crippen LogP contribution in [-0.4, -0.2) is 84.9 Å². The fourth-order valence-corrected chi connectivity index (χ4v) is 6.55. The molecule has 1 fully saturated rings. The summed E-state index contributed by atoms with van der Waals surface area (Å²) in [5.41, 5.74) is 1.26. The minimum atomic E-state index is -0.795. The predicted molar refractivity (Wildman–Crippen MR) is 172 cm³/mol. The van der Waals surface area contributed by atoms with Crippen molar-refractivity contribution in [2.45, 2.75) is 59.7 Å². The zero-order chi connectivity index (χ0) is 32.8. The fourth-order valence-electron chi connectivity index (χ4n) is 6.24. The maximum atomic E-state index is 16.0. The lowest BCUT2D eigenvalue weighted by atomic mass is 9.81. The summed E-state index contributed by atoms with van der Waals surface area (Å²) in [5.74, 6) is -0.859. The van der Waals surface area contributed by atoms with Crippen LogP contribution < -0.4 is 5.32 Å². The molecule has 1 aliphatic rings. The van der Waals surface area contributed by atoms with Gasteiger partial charge in [0.15, 0.2) is 5.78 Å². The van der Waals surface area contributed by atoms with Crippen LogP contribution in [0.1, 0.15) is 49.1 Å². The van der Waals surface area contributed by atoms with Crippen LogP contribution in [0.2, 0.25) is 0 Å². The predicted octanol–water partition coefficient (Wildman–Crippen LogP) is 4.81. The van der Waals surface area contributed by atoms with Crippen LogP contribution in [0.25, 0.3) is 22.0 Å². The first kappa shape index (κ1) is 32.3. The number of ketones is 1. The SMILES string of the molecule is CC(=O)c1nn(CC(=O)N2[C@H](C(=O)Nc3nc(Br)ccc3C)C[C@](C)(CN(C)C)[C@H]2C)c2ccc(-c3cnc(C)nc3)c(F)c12. The topological polar surface area (TPSA) is 126 Å². The van der Waals surface area contributed by atoms with Crippen LogP contribution >= 0.6 is 15.9 Å². The molecule has 0 spiro atoms. The van der Waals surface area contributed by atoms with Crippen LogP contribution in [0.5, 0.6) is 0 Å². The number of aromatic nitrogens is 5. The van der Waals surface area contributed by atoms with Crippen LogP contribution in [0.4, 0.5) is 10.2 Å². The van der Waals surface area contributed by atoms with Gasteiger partial charge in [-0.3, -0.25) is 19.1 Å². The van der Waals surface area contributed by atoms with Crippen LogP contribution in [0, 0.1) is 25.1 Å². The van der Waals surface area contributed by atoms with Crippen LogP contribution in [0.3, 0.4) is 0 Å². The molecule has 13 heteroatoms. The van der Waals surface area contributed by atoms with Crippen molar-refractivity contribution in [2.24, 2.45) is 5.41 Å². The number of hydrogen-bond acceptors (Lipinski definition) is 8. The first-order valence-electron chi connectivity index (χ1n) is 14.6. The van der Waals surface area contributed by atoms with E-state index in [9.17, 15) is 14.4 Å². The second-order valence-corrected chi connectivity index (χ2v) is 13.1. The van der Waals surface area contributed by atoms with E-state index in [1.807, 2.05) is 38.9 Å². The van der Waals surface area contributed by atoms with Crippen molar-refractivity contribution in [3.8, 4) is 11.1 Å². The Kier molecular flexibility index (Phi) is 8.87. The molecular formula is C32H36BrFN8O3. The molecule has 5 rings (SSSR count). The van der Waals surface area contributed by atoms with Crippen molar-refractivity contribution in [1.29, 1.82) is 0 Å². The molecule has 2 amide bonds. The number of amides is 2. The number of anilines is 1. The number of Topliss-reactive ketones (excluding diaryl/α,β-unsaturated/α-hetero) is 1. The quantitative estimate of drug-likeness (QED) is 0.208. The third-order valence-corrected chi connectivity index (χ3v) is 9.00. The Morgan fingerprint density at radius 3 is 2.47 bits per heavy atom. The summed E-state index contributed by atoms with van der Waals surface area (Å²) in [4.78, 5) is 57.0. The molecule has 3 aromatic heterocycles. The summed E-state index contributed by atoms with van der Waals surface area (Å²) in [6, 6.07) is 5.71. The minimum absolute atomic E-state index is 0.0192. The molecule has 0 bridgehead atoms. The second-order valence-electron chi connectivity index (χ2n) is 12.3. The van der Waals surface area contributed by atoms with Crippen molar-refractivity contribution in [3.63, 3.8) is 0 Å². The molecule has 1 aromatic carbocycles. The second kappa shape index (κ2) is 12.4. The third kappa shape index (κ3) is 6.23. The Morgan fingerprint density at radius 1 is 1.13 bits per heavy atom. The number of carbonyl (C=O) groups is 3. The maximum Gasteiger partial charge on any atom is 0.248 e.